The van der Waals surface area contributed by atoms with E-state index >= 15 is 0 Å². The highest BCUT2D eigenvalue weighted by Gasteiger charge is 2.07. The number of methoxy groups -OCH3 is 2. The third-order valence-corrected chi connectivity index (χ3v) is 3.39. The Morgan fingerprint density at radius 1 is 1.04 bits per heavy atom. The summed E-state index contributed by atoms with van der Waals surface area (Å²) >= 11 is 0. The van der Waals surface area contributed by atoms with Gasteiger partial charge in [0, 0.05) is 12.6 Å². The largest absolute Gasteiger partial charge is 0.497 e. The smallest absolute Gasteiger partial charge is 0.308 e. The van der Waals surface area contributed by atoms with Crippen molar-refractivity contribution < 1.29 is 23.8 Å². The molecule has 0 saturated carbocycles. The van der Waals surface area contributed by atoms with Crippen molar-refractivity contribution in [1.29, 1.82) is 0 Å². The van der Waals surface area contributed by atoms with Crippen LogP contribution in [0.5, 0.6) is 17.2 Å². The fourth-order valence-corrected chi connectivity index (χ4v) is 2.11. The number of benzene rings is 2. The minimum Gasteiger partial charge on any atom is -0.497 e. The fourth-order valence-electron chi connectivity index (χ4n) is 2.11. The predicted octanol–water partition coefficient (Wildman–Crippen LogP) is 2.19. The maximum atomic E-state index is 11.8. The topological polar surface area (TPSA) is 98.3 Å². The Morgan fingerprint density at radius 3 is 2.41 bits per heavy atom. The number of anilines is 1. The number of nitrogens with one attached hydrogen (secondary N) is 2. The van der Waals surface area contributed by atoms with Crippen LogP contribution in [0.3, 0.4) is 0 Å². The molecule has 8 heteroatoms. The zero-order valence-electron chi connectivity index (χ0n) is 15.3. The number of ether oxygens (including phenoxy) is 3. The first-order valence-electron chi connectivity index (χ1n) is 8.08. The quantitative estimate of drug-likeness (QED) is 0.319. The normalized spacial score (nSPS) is 10.3. The van der Waals surface area contributed by atoms with Gasteiger partial charge in [0.05, 0.1) is 27.0 Å². The van der Waals surface area contributed by atoms with E-state index in [0.29, 0.717) is 17.1 Å². The minimum absolute atomic E-state index is 0.0678. The average molecular weight is 371 g/mol. The second-order valence-corrected chi connectivity index (χ2v) is 5.38. The van der Waals surface area contributed by atoms with E-state index in [-0.39, 0.29) is 12.5 Å². The molecule has 0 heterocycles. The van der Waals surface area contributed by atoms with Crippen molar-refractivity contribution in [3.05, 3.63) is 48.0 Å². The van der Waals surface area contributed by atoms with Gasteiger partial charge in [-0.2, -0.15) is 5.10 Å². The first kappa shape index (κ1) is 19.8. The molecule has 2 rings (SSSR count). The van der Waals surface area contributed by atoms with Crippen LogP contribution in [-0.4, -0.2) is 38.9 Å². The summed E-state index contributed by atoms with van der Waals surface area (Å²) in [6.45, 7) is 1.38. The van der Waals surface area contributed by atoms with Gasteiger partial charge in [0.1, 0.15) is 5.75 Å². The van der Waals surface area contributed by atoms with Crippen molar-refractivity contribution in [1.82, 2.24) is 5.43 Å². The van der Waals surface area contributed by atoms with Crippen LogP contribution >= 0.6 is 0 Å². The molecule has 2 aromatic rings. The van der Waals surface area contributed by atoms with Crippen molar-refractivity contribution >= 4 is 23.8 Å². The first-order chi connectivity index (χ1) is 13.0. The van der Waals surface area contributed by atoms with Gasteiger partial charge in [-0.15, -0.1) is 0 Å². The van der Waals surface area contributed by atoms with E-state index in [1.165, 1.54) is 20.2 Å². The molecule has 27 heavy (non-hydrogen) atoms. The number of rotatable bonds is 8. The number of hydrogen-bond donors (Lipinski definition) is 2. The maximum Gasteiger partial charge on any atom is 0.308 e. The van der Waals surface area contributed by atoms with Crippen LogP contribution in [0.15, 0.2) is 47.6 Å². The molecule has 0 bridgehead atoms. The third kappa shape index (κ3) is 6.35. The highest BCUT2D eigenvalue weighted by atomic mass is 16.6. The van der Waals surface area contributed by atoms with Crippen LogP contribution in [0.1, 0.15) is 12.5 Å². The first-order valence-corrected chi connectivity index (χ1v) is 8.08. The van der Waals surface area contributed by atoms with Gasteiger partial charge >= 0.3 is 5.97 Å². The molecule has 0 aliphatic carbocycles. The summed E-state index contributed by atoms with van der Waals surface area (Å²) in [5.41, 5.74) is 3.89. The van der Waals surface area contributed by atoms with Gasteiger partial charge in [-0.3, -0.25) is 9.59 Å². The summed E-state index contributed by atoms with van der Waals surface area (Å²) < 4.78 is 15.3. The highest BCUT2D eigenvalue weighted by molar-refractivity contribution is 5.85. The van der Waals surface area contributed by atoms with Crippen molar-refractivity contribution in [3.63, 3.8) is 0 Å². The SMILES string of the molecule is COc1ccc(NCC(=O)N/N=C\c2ccc(OC(C)=O)c(OC)c2)cc1. The second-order valence-electron chi connectivity index (χ2n) is 5.38. The molecule has 0 fully saturated rings. The molecule has 0 aliphatic rings. The van der Waals surface area contributed by atoms with E-state index in [1.807, 2.05) is 12.1 Å². The van der Waals surface area contributed by atoms with Gasteiger partial charge in [0.2, 0.25) is 0 Å². The van der Waals surface area contributed by atoms with Gasteiger partial charge in [-0.25, -0.2) is 5.43 Å². The lowest BCUT2D eigenvalue weighted by molar-refractivity contribution is -0.132. The molecule has 0 saturated heterocycles. The monoisotopic (exact) mass is 371 g/mol. The summed E-state index contributed by atoms with van der Waals surface area (Å²) in [5, 5.41) is 6.88. The van der Waals surface area contributed by atoms with Crippen molar-refractivity contribution in [2.24, 2.45) is 5.10 Å². The number of amides is 1. The lowest BCUT2D eigenvalue weighted by atomic mass is 10.2. The van der Waals surface area contributed by atoms with E-state index in [4.69, 9.17) is 14.2 Å². The number of hydrogen-bond acceptors (Lipinski definition) is 7. The Morgan fingerprint density at radius 2 is 1.78 bits per heavy atom. The molecular weight excluding hydrogens is 350 g/mol. The molecule has 2 N–H and O–H groups in total. The molecule has 0 radical (unpaired) electrons. The van der Waals surface area contributed by atoms with Gasteiger partial charge in [-0.05, 0) is 48.0 Å². The van der Waals surface area contributed by atoms with Crippen LogP contribution in [0.4, 0.5) is 5.69 Å². The molecule has 0 aliphatic heterocycles. The molecule has 0 unspecified atom stereocenters. The lowest BCUT2D eigenvalue weighted by Crippen LogP contribution is -2.25. The van der Waals surface area contributed by atoms with E-state index in [0.717, 1.165) is 11.4 Å². The van der Waals surface area contributed by atoms with Crippen molar-refractivity contribution in [3.8, 4) is 17.2 Å². The fraction of sp³-hybridized carbons (Fsp3) is 0.211. The Hall–Kier alpha value is -3.55. The third-order valence-electron chi connectivity index (χ3n) is 3.39. The molecule has 0 aromatic heterocycles. The molecule has 8 nitrogen and oxygen atoms in total. The molecular formula is C19H21N3O5. The number of carbonyl (C=O) groups is 2. The van der Waals surface area contributed by atoms with E-state index in [2.05, 4.69) is 15.8 Å². The molecule has 142 valence electrons. The minimum atomic E-state index is -0.439. The van der Waals surface area contributed by atoms with E-state index in [9.17, 15) is 9.59 Å². The number of hydrazone groups is 1. The zero-order valence-corrected chi connectivity index (χ0v) is 15.3. The number of esters is 1. The Labute approximate surface area is 157 Å². The number of nitrogens with zero attached hydrogens (tertiary/aromatic N) is 1. The summed E-state index contributed by atoms with van der Waals surface area (Å²) in [6, 6.07) is 12.1. The van der Waals surface area contributed by atoms with Crippen LogP contribution in [-0.2, 0) is 9.59 Å². The van der Waals surface area contributed by atoms with Crippen LogP contribution < -0.4 is 25.0 Å². The van der Waals surface area contributed by atoms with Gasteiger partial charge in [0.25, 0.3) is 5.91 Å². The van der Waals surface area contributed by atoms with Crippen molar-refractivity contribution in [2.75, 3.05) is 26.1 Å². The molecule has 0 atom stereocenters. The summed E-state index contributed by atoms with van der Waals surface area (Å²) in [4.78, 5) is 22.9. The van der Waals surface area contributed by atoms with Crippen molar-refractivity contribution in [2.45, 2.75) is 6.92 Å². The van der Waals surface area contributed by atoms with E-state index < -0.39 is 5.97 Å². The average Bonchev–Trinajstić information content (AvgIpc) is 2.67. The molecule has 0 spiro atoms. The Bertz CT molecular complexity index is 819. The van der Waals surface area contributed by atoms with Crippen LogP contribution in [0.2, 0.25) is 0 Å². The van der Waals surface area contributed by atoms with E-state index in [1.54, 1.807) is 37.4 Å². The van der Waals surface area contributed by atoms with Gasteiger partial charge < -0.3 is 19.5 Å². The number of carbonyl (C=O) groups excluding carboxylic acids is 2. The van der Waals surface area contributed by atoms with Crippen LogP contribution in [0.25, 0.3) is 0 Å². The maximum absolute atomic E-state index is 11.8. The zero-order chi connectivity index (χ0) is 19.6. The molecule has 2 aromatic carbocycles. The predicted molar refractivity (Wildman–Crippen MR) is 102 cm³/mol. The Balaban J connectivity index is 1.86. The summed E-state index contributed by atoms with van der Waals surface area (Å²) in [7, 11) is 3.06. The van der Waals surface area contributed by atoms with Gasteiger partial charge in [0.15, 0.2) is 11.5 Å². The summed E-state index contributed by atoms with van der Waals surface area (Å²) in [6.07, 6.45) is 1.46. The standard InChI is InChI=1S/C19H21N3O5/c1-13(23)27-17-9-4-14(10-18(17)26-3)11-21-22-19(24)12-20-15-5-7-16(25-2)8-6-15/h4-11,20H,12H2,1-3H3,(H,22,24)/b21-11-. The Kier molecular flexibility index (Phi) is 7.18. The lowest BCUT2D eigenvalue weighted by Gasteiger charge is -2.08. The second kappa shape index (κ2) is 9.81. The van der Waals surface area contributed by atoms with Crippen LogP contribution in [0, 0.1) is 0 Å². The highest BCUT2D eigenvalue weighted by Crippen LogP contribution is 2.27. The van der Waals surface area contributed by atoms with Gasteiger partial charge in [-0.1, -0.05) is 0 Å². The molecule has 1 amide bonds. The summed E-state index contributed by atoms with van der Waals surface area (Å²) in [5.74, 6) is 0.707.